The number of amides is 1. The van der Waals surface area contributed by atoms with Crippen molar-refractivity contribution < 1.29 is 23.8 Å². The average molecular weight is 436 g/mol. The first-order valence-electron chi connectivity index (χ1n) is 10.8. The first kappa shape index (κ1) is 22.1. The van der Waals surface area contributed by atoms with Crippen LogP contribution < -0.4 is 14.4 Å². The van der Waals surface area contributed by atoms with Crippen molar-refractivity contribution in [3.05, 3.63) is 66.2 Å². The van der Waals surface area contributed by atoms with Gasteiger partial charge in [-0.05, 0) is 35.6 Å². The second kappa shape index (κ2) is 8.43. The zero-order valence-electron chi connectivity index (χ0n) is 19.0. The van der Waals surface area contributed by atoms with Crippen molar-refractivity contribution in [1.82, 2.24) is 0 Å². The van der Waals surface area contributed by atoms with Crippen LogP contribution >= 0.6 is 0 Å². The quantitative estimate of drug-likeness (QED) is 0.494. The highest BCUT2D eigenvalue weighted by molar-refractivity contribution is 6.28. The molecule has 4 rings (SSSR count). The third-order valence-electron chi connectivity index (χ3n) is 6.24. The number of carbonyl (C=O) groups is 2. The lowest BCUT2D eigenvalue weighted by molar-refractivity contribution is -0.147. The van der Waals surface area contributed by atoms with E-state index in [1.54, 1.807) is 30.2 Å². The van der Waals surface area contributed by atoms with Crippen molar-refractivity contribution in [2.75, 3.05) is 19.1 Å². The molecule has 0 bridgehead atoms. The van der Waals surface area contributed by atoms with E-state index < -0.39 is 23.7 Å². The summed E-state index contributed by atoms with van der Waals surface area (Å²) in [5.41, 5.74) is 0.274. The number of rotatable bonds is 6. The summed E-state index contributed by atoms with van der Waals surface area (Å²) in [6, 6.07) is 14.2. The molecule has 0 saturated carbocycles. The molecule has 3 atom stereocenters. The summed E-state index contributed by atoms with van der Waals surface area (Å²) in [5.74, 6) is 0.597. The molecule has 2 aliphatic rings. The summed E-state index contributed by atoms with van der Waals surface area (Å²) in [4.78, 5) is 29.4. The van der Waals surface area contributed by atoms with E-state index in [-0.39, 0.29) is 11.7 Å². The zero-order valence-corrected chi connectivity index (χ0v) is 19.0. The topological polar surface area (TPSA) is 65.1 Å². The number of hydrogen-bond donors (Lipinski definition) is 0. The normalized spacial score (nSPS) is 25.3. The van der Waals surface area contributed by atoms with Gasteiger partial charge in [-0.2, -0.15) is 0 Å². The van der Waals surface area contributed by atoms with Crippen LogP contribution in [0, 0.1) is 5.92 Å². The molecule has 6 nitrogen and oxygen atoms in total. The predicted molar refractivity (Wildman–Crippen MR) is 122 cm³/mol. The Hall–Kier alpha value is -3.12. The molecular weight excluding hydrogens is 406 g/mol. The van der Waals surface area contributed by atoms with Crippen molar-refractivity contribution in [2.24, 2.45) is 5.92 Å². The van der Waals surface area contributed by atoms with Gasteiger partial charge in [0.2, 0.25) is 11.4 Å². The molecule has 0 radical (unpaired) electrons. The maximum absolute atomic E-state index is 14.0. The Kier molecular flexibility index (Phi) is 5.82. The van der Waals surface area contributed by atoms with Gasteiger partial charge in [-0.25, -0.2) is 0 Å². The molecule has 2 aromatic rings. The lowest BCUT2D eigenvalue weighted by Gasteiger charge is -2.26. The van der Waals surface area contributed by atoms with E-state index in [9.17, 15) is 9.59 Å². The summed E-state index contributed by atoms with van der Waals surface area (Å²) >= 11 is 0. The van der Waals surface area contributed by atoms with Crippen LogP contribution in [0.25, 0.3) is 0 Å². The summed E-state index contributed by atoms with van der Waals surface area (Å²) in [6.45, 7) is 8.20. The second-order valence-corrected chi connectivity index (χ2v) is 8.73. The van der Waals surface area contributed by atoms with Gasteiger partial charge in [0.1, 0.15) is 11.5 Å². The smallest absolute Gasteiger partial charge is 0.272 e. The second-order valence-electron chi connectivity index (χ2n) is 8.73. The van der Waals surface area contributed by atoms with E-state index >= 15 is 0 Å². The highest BCUT2D eigenvalue weighted by Gasteiger charge is 2.65. The molecular formula is C26H29NO5. The number of Topliss-reactive ketones (excluding diaryl/α,β-unsaturated/α-hetero) is 1. The van der Waals surface area contributed by atoms with Gasteiger partial charge >= 0.3 is 0 Å². The van der Waals surface area contributed by atoms with Crippen LogP contribution in [-0.2, 0) is 14.3 Å². The Labute approximate surface area is 188 Å². The van der Waals surface area contributed by atoms with Gasteiger partial charge in [0.05, 0.1) is 32.1 Å². The summed E-state index contributed by atoms with van der Waals surface area (Å²) in [7, 11) is 3.10. The van der Waals surface area contributed by atoms with Crippen molar-refractivity contribution >= 4 is 17.4 Å². The third-order valence-corrected chi connectivity index (χ3v) is 6.24. The highest BCUT2D eigenvalue weighted by Crippen LogP contribution is 2.51. The maximum atomic E-state index is 14.0. The molecule has 168 valence electrons. The van der Waals surface area contributed by atoms with E-state index in [2.05, 4.69) is 6.58 Å². The summed E-state index contributed by atoms with van der Waals surface area (Å²) in [5, 5.41) is 0. The van der Waals surface area contributed by atoms with Crippen molar-refractivity contribution in [3.63, 3.8) is 0 Å². The number of methoxy groups -OCH3 is 2. The van der Waals surface area contributed by atoms with Crippen molar-refractivity contribution in [3.8, 4) is 11.5 Å². The molecule has 32 heavy (non-hydrogen) atoms. The van der Waals surface area contributed by atoms with E-state index in [0.29, 0.717) is 35.6 Å². The van der Waals surface area contributed by atoms with Gasteiger partial charge < -0.3 is 14.2 Å². The molecule has 2 aromatic carbocycles. The molecule has 1 amide bonds. The van der Waals surface area contributed by atoms with Crippen LogP contribution in [0.4, 0.5) is 5.69 Å². The lowest BCUT2D eigenvalue weighted by atomic mass is 9.87. The largest absolute Gasteiger partial charge is 0.497 e. The van der Waals surface area contributed by atoms with Gasteiger partial charge in [0.25, 0.3) is 5.91 Å². The fourth-order valence-electron chi connectivity index (χ4n) is 4.68. The van der Waals surface area contributed by atoms with E-state index in [0.717, 1.165) is 5.56 Å². The molecule has 0 N–H and O–H groups in total. The summed E-state index contributed by atoms with van der Waals surface area (Å²) in [6.07, 6.45) is 0.534. The molecule has 0 aliphatic carbocycles. The SMILES string of the molecule is C=C1C[C@@H](c2ccccc2)O[C@]12C(=O)[C@H](CC(C)C)N(c1ccc(OC)cc1OC)C2=O. The number of nitrogens with zero attached hydrogens (tertiary/aromatic N) is 1. The van der Waals surface area contributed by atoms with Gasteiger partial charge in [0.15, 0.2) is 0 Å². The van der Waals surface area contributed by atoms with Crippen LogP contribution in [0.3, 0.4) is 0 Å². The van der Waals surface area contributed by atoms with Gasteiger partial charge in [-0.1, -0.05) is 50.8 Å². The first-order valence-corrected chi connectivity index (χ1v) is 10.8. The van der Waals surface area contributed by atoms with E-state index in [1.807, 2.05) is 44.2 Å². The minimum Gasteiger partial charge on any atom is -0.497 e. The zero-order chi connectivity index (χ0) is 23.0. The molecule has 1 spiro atoms. The van der Waals surface area contributed by atoms with Crippen LogP contribution in [0.5, 0.6) is 11.5 Å². The maximum Gasteiger partial charge on any atom is 0.272 e. The highest BCUT2D eigenvalue weighted by atomic mass is 16.5. The van der Waals surface area contributed by atoms with E-state index in [4.69, 9.17) is 14.2 Å². The number of ketones is 1. The van der Waals surface area contributed by atoms with E-state index in [1.165, 1.54) is 7.11 Å². The Morgan fingerprint density at radius 2 is 1.84 bits per heavy atom. The van der Waals surface area contributed by atoms with Crippen LogP contribution in [0.1, 0.15) is 38.4 Å². The van der Waals surface area contributed by atoms with Gasteiger partial charge in [0, 0.05) is 12.5 Å². The minimum atomic E-state index is -1.68. The molecule has 0 aromatic heterocycles. The van der Waals surface area contributed by atoms with Crippen LogP contribution in [0.2, 0.25) is 0 Å². The van der Waals surface area contributed by atoms with Crippen LogP contribution in [0.15, 0.2) is 60.7 Å². The fourth-order valence-corrected chi connectivity index (χ4v) is 4.68. The number of hydrogen-bond acceptors (Lipinski definition) is 5. The Morgan fingerprint density at radius 1 is 1.12 bits per heavy atom. The number of anilines is 1. The minimum absolute atomic E-state index is 0.193. The predicted octanol–water partition coefficient (Wildman–Crippen LogP) is 4.49. The molecule has 2 heterocycles. The molecule has 0 unspecified atom stereocenters. The average Bonchev–Trinajstić information content (AvgIpc) is 3.25. The lowest BCUT2D eigenvalue weighted by Crippen LogP contribution is -2.44. The summed E-state index contributed by atoms with van der Waals surface area (Å²) < 4.78 is 17.2. The number of carbonyl (C=O) groups excluding carboxylic acids is 2. The monoisotopic (exact) mass is 435 g/mol. The number of ether oxygens (including phenoxy) is 3. The first-order chi connectivity index (χ1) is 15.3. The molecule has 2 aliphatic heterocycles. The van der Waals surface area contributed by atoms with Crippen molar-refractivity contribution in [1.29, 1.82) is 0 Å². The molecule has 2 fully saturated rings. The molecule has 2 saturated heterocycles. The van der Waals surface area contributed by atoms with Gasteiger partial charge in [-0.3, -0.25) is 14.5 Å². The van der Waals surface area contributed by atoms with Crippen molar-refractivity contribution in [2.45, 2.75) is 44.4 Å². The fraction of sp³-hybridized carbons (Fsp3) is 0.385. The van der Waals surface area contributed by atoms with Crippen LogP contribution in [-0.4, -0.2) is 37.6 Å². The Balaban J connectivity index is 1.80. The Morgan fingerprint density at radius 3 is 2.47 bits per heavy atom. The Bertz CT molecular complexity index is 1050. The number of benzene rings is 2. The standard InChI is InChI=1S/C26H29NO5/c1-16(2)13-21-24(28)26(17(3)14-22(32-26)18-9-7-6-8-10-18)25(29)27(21)20-12-11-19(30-4)15-23(20)31-5/h6-12,15-16,21-22H,3,13-14H2,1-2,4-5H3/t21-,22-,26-/m0/s1. The molecule has 6 heteroatoms. The third kappa shape index (κ3) is 3.39. The van der Waals surface area contributed by atoms with Gasteiger partial charge in [-0.15, -0.1) is 0 Å².